The monoisotopic (exact) mass is 261 g/mol. The van der Waals surface area contributed by atoms with E-state index in [9.17, 15) is 0 Å². The molecule has 0 saturated heterocycles. The van der Waals surface area contributed by atoms with Crippen LogP contribution in [-0.2, 0) is 6.42 Å². The first-order chi connectivity index (χ1) is 8.54. The zero-order chi connectivity index (χ0) is 13.1. The first kappa shape index (κ1) is 13.0. The minimum atomic E-state index is 0.349. The van der Waals surface area contributed by atoms with E-state index >= 15 is 0 Å². The Hall–Kier alpha value is -1.42. The zero-order valence-electron chi connectivity index (χ0n) is 11.1. The van der Waals surface area contributed by atoms with Gasteiger partial charge in [0.15, 0.2) is 0 Å². The standard InChI is InChI=1S/C14H19N3S/c1-9(2)4-5-11-6-7-13(18-11)12-8-10(3)16-14(15)17-12/h6-9H,4-5H2,1-3H3,(H2,15,16,17). The number of nitrogen functional groups attached to an aromatic ring is 1. The van der Waals surface area contributed by atoms with Gasteiger partial charge in [0.25, 0.3) is 0 Å². The van der Waals surface area contributed by atoms with Crippen LogP contribution in [0, 0.1) is 12.8 Å². The molecule has 0 aromatic carbocycles. The number of anilines is 1. The number of nitrogens with two attached hydrogens (primary N) is 1. The van der Waals surface area contributed by atoms with Gasteiger partial charge in [-0.15, -0.1) is 11.3 Å². The molecule has 2 aromatic heterocycles. The predicted octanol–water partition coefficient (Wildman–Crippen LogP) is 3.68. The molecule has 0 atom stereocenters. The van der Waals surface area contributed by atoms with Gasteiger partial charge in [-0.1, -0.05) is 13.8 Å². The van der Waals surface area contributed by atoms with Crippen molar-refractivity contribution in [1.82, 2.24) is 9.97 Å². The molecule has 2 N–H and O–H groups in total. The van der Waals surface area contributed by atoms with Gasteiger partial charge in [0, 0.05) is 10.6 Å². The summed E-state index contributed by atoms with van der Waals surface area (Å²) >= 11 is 1.80. The van der Waals surface area contributed by atoms with Crippen molar-refractivity contribution < 1.29 is 0 Å². The smallest absolute Gasteiger partial charge is 0.220 e. The summed E-state index contributed by atoms with van der Waals surface area (Å²) in [5.74, 6) is 1.09. The molecule has 3 nitrogen and oxygen atoms in total. The molecule has 0 aliphatic rings. The van der Waals surface area contributed by atoms with Crippen molar-refractivity contribution >= 4 is 17.3 Å². The normalized spacial score (nSPS) is 11.1. The average Bonchev–Trinajstić information content (AvgIpc) is 2.73. The predicted molar refractivity (Wildman–Crippen MR) is 77.7 cm³/mol. The van der Waals surface area contributed by atoms with Crippen LogP contribution >= 0.6 is 11.3 Å². The molecule has 0 aliphatic carbocycles. The molecule has 0 bridgehead atoms. The lowest BCUT2D eigenvalue weighted by Crippen LogP contribution is -1.97. The molecule has 0 fully saturated rings. The van der Waals surface area contributed by atoms with Crippen LogP contribution in [-0.4, -0.2) is 9.97 Å². The summed E-state index contributed by atoms with van der Waals surface area (Å²) in [6.45, 7) is 6.45. The molecule has 0 saturated carbocycles. The summed E-state index contributed by atoms with van der Waals surface area (Å²) in [6, 6.07) is 6.30. The quantitative estimate of drug-likeness (QED) is 0.913. The Morgan fingerprint density at radius 1 is 1.28 bits per heavy atom. The van der Waals surface area contributed by atoms with Gasteiger partial charge in [0.1, 0.15) is 0 Å². The molecular weight excluding hydrogens is 242 g/mol. The van der Waals surface area contributed by atoms with Crippen molar-refractivity contribution in [3.05, 3.63) is 28.8 Å². The van der Waals surface area contributed by atoms with Crippen molar-refractivity contribution in [1.29, 1.82) is 0 Å². The fourth-order valence-corrected chi connectivity index (χ4v) is 2.78. The molecule has 18 heavy (non-hydrogen) atoms. The van der Waals surface area contributed by atoms with E-state index in [-0.39, 0.29) is 0 Å². The van der Waals surface area contributed by atoms with E-state index < -0.39 is 0 Å². The van der Waals surface area contributed by atoms with Crippen LogP contribution in [0.1, 0.15) is 30.8 Å². The fourth-order valence-electron chi connectivity index (χ4n) is 1.80. The van der Waals surface area contributed by atoms with Crippen molar-refractivity contribution in [3.8, 4) is 10.6 Å². The Bertz CT molecular complexity index is 511. The van der Waals surface area contributed by atoms with E-state index in [0.29, 0.717) is 5.95 Å². The number of aryl methyl sites for hydroxylation is 2. The van der Waals surface area contributed by atoms with E-state index in [1.54, 1.807) is 11.3 Å². The third kappa shape index (κ3) is 3.29. The number of nitrogens with zero attached hydrogens (tertiary/aromatic N) is 2. The second-order valence-electron chi connectivity index (χ2n) is 4.95. The molecule has 0 amide bonds. The van der Waals surface area contributed by atoms with Crippen LogP contribution in [0.25, 0.3) is 10.6 Å². The molecule has 2 heterocycles. The first-order valence-corrected chi connectivity index (χ1v) is 7.06. The van der Waals surface area contributed by atoms with Crippen LogP contribution in [0.5, 0.6) is 0 Å². The molecule has 2 rings (SSSR count). The molecule has 0 spiro atoms. The van der Waals surface area contributed by atoms with Crippen LogP contribution < -0.4 is 5.73 Å². The largest absolute Gasteiger partial charge is 0.368 e. The van der Waals surface area contributed by atoms with Crippen molar-refractivity contribution in [3.63, 3.8) is 0 Å². The molecular formula is C14H19N3S. The summed E-state index contributed by atoms with van der Waals surface area (Å²) in [5, 5.41) is 0. The van der Waals surface area contributed by atoms with Gasteiger partial charge < -0.3 is 5.73 Å². The SMILES string of the molecule is Cc1cc(-c2ccc(CCC(C)C)s2)nc(N)n1. The van der Waals surface area contributed by atoms with Crippen LogP contribution in [0.4, 0.5) is 5.95 Å². The highest BCUT2D eigenvalue weighted by Crippen LogP contribution is 2.28. The Kier molecular flexibility index (Phi) is 3.97. The maximum Gasteiger partial charge on any atom is 0.220 e. The molecule has 0 aliphatic heterocycles. The minimum absolute atomic E-state index is 0.349. The van der Waals surface area contributed by atoms with Crippen LogP contribution in [0.3, 0.4) is 0 Å². The number of aromatic nitrogens is 2. The highest BCUT2D eigenvalue weighted by atomic mass is 32.1. The zero-order valence-corrected chi connectivity index (χ0v) is 11.9. The number of hydrogen-bond donors (Lipinski definition) is 1. The van der Waals surface area contributed by atoms with Crippen LogP contribution in [0.15, 0.2) is 18.2 Å². The summed E-state index contributed by atoms with van der Waals surface area (Å²) in [5.41, 5.74) is 7.53. The summed E-state index contributed by atoms with van der Waals surface area (Å²) < 4.78 is 0. The van der Waals surface area contributed by atoms with Crippen molar-refractivity contribution in [2.24, 2.45) is 5.92 Å². The Morgan fingerprint density at radius 3 is 2.72 bits per heavy atom. The Balaban J connectivity index is 2.18. The highest BCUT2D eigenvalue weighted by molar-refractivity contribution is 7.15. The van der Waals surface area contributed by atoms with Gasteiger partial charge in [-0.25, -0.2) is 9.97 Å². The maximum absolute atomic E-state index is 5.68. The molecule has 2 aromatic rings. The second kappa shape index (κ2) is 5.48. The summed E-state index contributed by atoms with van der Waals surface area (Å²) in [4.78, 5) is 11.0. The fraction of sp³-hybridized carbons (Fsp3) is 0.429. The number of thiophene rings is 1. The first-order valence-electron chi connectivity index (χ1n) is 6.25. The molecule has 96 valence electrons. The number of hydrogen-bond acceptors (Lipinski definition) is 4. The van der Waals surface area contributed by atoms with E-state index in [1.807, 2.05) is 13.0 Å². The van der Waals surface area contributed by atoms with E-state index in [1.165, 1.54) is 16.2 Å². The lowest BCUT2D eigenvalue weighted by atomic mass is 10.1. The van der Waals surface area contributed by atoms with E-state index in [2.05, 4.69) is 35.9 Å². The van der Waals surface area contributed by atoms with Gasteiger partial charge in [-0.2, -0.15) is 0 Å². The molecule has 0 radical (unpaired) electrons. The summed E-state index contributed by atoms with van der Waals surface area (Å²) in [6.07, 6.45) is 2.37. The Labute approximate surface area is 112 Å². The van der Waals surface area contributed by atoms with E-state index in [0.717, 1.165) is 23.7 Å². The van der Waals surface area contributed by atoms with E-state index in [4.69, 9.17) is 5.73 Å². The van der Waals surface area contributed by atoms with Gasteiger partial charge >= 0.3 is 0 Å². The topological polar surface area (TPSA) is 51.8 Å². The maximum atomic E-state index is 5.68. The van der Waals surface area contributed by atoms with Crippen molar-refractivity contribution in [2.45, 2.75) is 33.6 Å². The van der Waals surface area contributed by atoms with Gasteiger partial charge in [0.2, 0.25) is 5.95 Å². The Morgan fingerprint density at radius 2 is 2.06 bits per heavy atom. The van der Waals surface area contributed by atoms with Crippen molar-refractivity contribution in [2.75, 3.05) is 5.73 Å². The minimum Gasteiger partial charge on any atom is -0.368 e. The lowest BCUT2D eigenvalue weighted by molar-refractivity contribution is 0.590. The molecule has 4 heteroatoms. The van der Waals surface area contributed by atoms with Crippen LogP contribution in [0.2, 0.25) is 0 Å². The lowest BCUT2D eigenvalue weighted by Gasteiger charge is -2.02. The average molecular weight is 261 g/mol. The van der Waals surface area contributed by atoms with Gasteiger partial charge in [-0.3, -0.25) is 0 Å². The number of rotatable bonds is 4. The third-order valence-corrected chi connectivity index (χ3v) is 3.92. The summed E-state index contributed by atoms with van der Waals surface area (Å²) in [7, 11) is 0. The molecule has 0 unspecified atom stereocenters. The highest BCUT2D eigenvalue weighted by Gasteiger charge is 2.07. The van der Waals surface area contributed by atoms with Gasteiger partial charge in [-0.05, 0) is 43.9 Å². The third-order valence-electron chi connectivity index (χ3n) is 2.75. The second-order valence-corrected chi connectivity index (χ2v) is 6.12. The van der Waals surface area contributed by atoms with Gasteiger partial charge in [0.05, 0.1) is 10.6 Å².